The molecule has 0 amide bonds. The van der Waals surface area contributed by atoms with Gasteiger partial charge >= 0.3 is 17.9 Å². The predicted octanol–water partition coefficient (Wildman–Crippen LogP) is 24.6. The molecule has 0 aromatic carbocycles. The number of hydrogen-bond donors (Lipinski definition) is 0. The Labute approximate surface area is 509 Å². The molecule has 474 valence electrons. The van der Waals surface area contributed by atoms with Gasteiger partial charge in [-0.25, -0.2) is 0 Å². The van der Waals surface area contributed by atoms with Crippen LogP contribution in [0.25, 0.3) is 0 Å². The number of ether oxygens (including phenoxy) is 3. The summed E-state index contributed by atoms with van der Waals surface area (Å²) in [5.74, 6) is -0.874. The molecule has 0 aromatic heterocycles. The smallest absolute Gasteiger partial charge is 0.306 e. The zero-order valence-electron chi connectivity index (χ0n) is 54.5. The van der Waals surface area contributed by atoms with Crippen molar-refractivity contribution in [3.8, 4) is 0 Å². The molecular formula is C76H134O6. The molecule has 6 heteroatoms. The maximum atomic E-state index is 12.9. The Morgan fingerprint density at radius 1 is 0.256 bits per heavy atom. The van der Waals surface area contributed by atoms with Crippen molar-refractivity contribution in [2.45, 2.75) is 367 Å². The molecule has 0 heterocycles. The lowest BCUT2D eigenvalue weighted by atomic mass is 10.0. The Balaban J connectivity index is 4.10. The molecule has 82 heavy (non-hydrogen) atoms. The van der Waals surface area contributed by atoms with E-state index in [4.69, 9.17) is 14.2 Å². The molecule has 6 nitrogen and oxygen atoms in total. The third-order valence-electron chi connectivity index (χ3n) is 15.6. The van der Waals surface area contributed by atoms with Gasteiger partial charge in [-0.1, -0.05) is 318 Å². The van der Waals surface area contributed by atoms with Crippen LogP contribution in [0.5, 0.6) is 0 Å². The first-order chi connectivity index (χ1) is 40.5. The second-order valence-electron chi connectivity index (χ2n) is 23.8. The Morgan fingerprint density at radius 2 is 0.500 bits per heavy atom. The Kier molecular flexibility index (Phi) is 67.2. The van der Waals surface area contributed by atoms with E-state index < -0.39 is 6.10 Å². The minimum absolute atomic E-state index is 0.0766. The van der Waals surface area contributed by atoms with Crippen molar-refractivity contribution in [2.75, 3.05) is 13.2 Å². The highest BCUT2D eigenvalue weighted by molar-refractivity contribution is 5.71. The second-order valence-corrected chi connectivity index (χ2v) is 23.8. The maximum absolute atomic E-state index is 12.9. The van der Waals surface area contributed by atoms with Gasteiger partial charge in [0.25, 0.3) is 0 Å². The minimum Gasteiger partial charge on any atom is -0.462 e. The lowest BCUT2D eigenvalue weighted by molar-refractivity contribution is -0.167. The number of hydrogen-bond acceptors (Lipinski definition) is 6. The van der Waals surface area contributed by atoms with Crippen molar-refractivity contribution >= 4 is 17.9 Å². The van der Waals surface area contributed by atoms with Crippen molar-refractivity contribution in [2.24, 2.45) is 0 Å². The average molecular weight is 1140 g/mol. The molecule has 0 radical (unpaired) electrons. The van der Waals surface area contributed by atoms with Gasteiger partial charge < -0.3 is 14.2 Å². The van der Waals surface area contributed by atoms with Crippen LogP contribution in [-0.2, 0) is 28.6 Å². The monoisotopic (exact) mass is 1140 g/mol. The number of carbonyl (C=O) groups is 3. The van der Waals surface area contributed by atoms with Gasteiger partial charge in [0.2, 0.25) is 0 Å². The van der Waals surface area contributed by atoms with E-state index >= 15 is 0 Å². The van der Waals surface area contributed by atoms with Gasteiger partial charge in [-0.2, -0.15) is 0 Å². The summed E-state index contributed by atoms with van der Waals surface area (Å²) in [6.07, 6.45) is 93.5. The largest absolute Gasteiger partial charge is 0.462 e. The van der Waals surface area contributed by atoms with Gasteiger partial charge in [0.05, 0.1) is 0 Å². The third kappa shape index (κ3) is 67.4. The SMILES string of the molecule is CC/C=C\C/C=C\C/C=C\C/C=C\CCCCCCCCCCCCCCCCCCCCCCC(=O)OCC(COC(=O)CCCCCCC/C=C\CCC)OC(=O)CCCCCCCCCCC/C=C\C/C=C\CCCCCCC. The molecule has 0 rings (SSSR count). The van der Waals surface area contributed by atoms with E-state index in [1.54, 1.807) is 0 Å². The standard InChI is InChI=1S/C76H134O6/c1-4-7-10-13-16-19-22-24-26-28-30-32-33-34-35-36-37-38-39-40-41-42-43-45-46-48-50-52-54-57-60-63-66-69-75(78)81-72-73(71-80-74(77)68-65-62-59-56-21-18-15-12-9-6-3)82-76(79)70-67-64-61-58-55-53-51-49-47-44-31-29-27-25-23-20-17-14-11-8-5-2/h7,10,12,15-16,19,23-26,29-32,73H,4-6,8-9,11,13-14,17-18,20-22,27-28,33-72H2,1-3H3/b10-7-,15-12-,19-16-,25-23-,26-24-,31-29-,32-30-. The highest BCUT2D eigenvalue weighted by Crippen LogP contribution is 2.18. The van der Waals surface area contributed by atoms with E-state index in [0.29, 0.717) is 19.3 Å². The zero-order chi connectivity index (χ0) is 59.2. The summed E-state index contributed by atoms with van der Waals surface area (Å²) >= 11 is 0. The first-order valence-electron chi connectivity index (χ1n) is 35.6. The quantitative estimate of drug-likeness (QED) is 0.0261. The summed E-state index contributed by atoms with van der Waals surface area (Å²) in [5, 5.41) is 0. The highest BCUT2D eigenvalue weighted by atomic mass is 16.6. The number of carbonyl (C=O) groups excluding carboxylic acids is 3. The highest BCUT2D eigenvalue weighted by Gasteiger charge is 2.19. The Bertz CT molecular complexity index is 1550. The molecule has 0 saturated heterocycles. The van der Waals surface area contributed by atoms with E-state index in [1.807, 2.05) is 0 Å². The van der Waals surface area contributed by atoms with Crippen LogP contribution in [-0.4, -0.2) is 37.2 Å². The fourth-order valence-electron chi connectivity index (χ4n) is 10.3. The van der Waals surface area contributed by atoms with E-state index in [9.17, 15) is 14.4 Å². The summed E-state index contributed by atoms with van der Waals surface area (Å²) in [5.41, 5.74) is 0. The zero-order valence-corrected chi connectivity index (χ0v) is 54.5. The summed E-state index contributed by atoms with van der Waals surface area (Å²) < 4.78 is 16.9. The normalized spacial score (nSPS) is 12.6. The molecule has 0 aliphatic rings. The minimum atomic E-state index is -0.780. The molecule has 0 aliphatic carbocycles. The van der Waals surface area contributed by atoms with Gasteiger partial charge in [0.15, 0.2) is 6.10 Å². The lowest BCUT2D eigenvalue weighted by Crippen LogP contribution is -2.30. The summed E-state index contributed by atoms with van der Waals surface area (Å²) in [6.45, 7) is 6.49. The maximum Gasteiger partial charge on any atom is 0.306 e. The third-order valence-corrected chi connectivity index (χ3v) is 15.6. The van der Waals surface area contributed by atoms with Crippen LogP contribution in [0.1, 0.15) is 361 Å². The van der Waals surface area contributed by atoms with Gasteiger partial charge in [0.1, 0.15) is 13.2 Å². The summed E-state index contributed by atoms with van der Waals surface area (Å²) in [4.78, 5) is 38.3. The van der Waals surface area contributed by atoms with Gasteiger partial charge in [-0.3, -0.25) is 14.4 Å². The van der Waals surface area contributed by atoms with Crippen molar-refractivity contribution in [3.05, 3.63) is 85.1 Å². The summed E-state index contributed by atoms with van der Waals surface area (Å²) in [6, 6.07) is 0. The predicted molar refractivity (Wildman–Crippen MR) is 358 cm³/mol. The van der Waals surface area contributed by atoms with E-state index in [0.717, 1.165) is 103 Å². The van der Waals surface area contributed by atoms with Crippen LogP contribution in [0.3, 0.4) is 0 Å². The Hall–Kier alpha value is -3.41. The number of allylic oxidation sites excluding steroid dienone is 14. The van der Waals surface area contributed by atoms with Crippen molar-refractivity contribution in [1.29, 1.82) is 0 Å². The molecule has 0 N–H and O–H groups in total. The fraction of sp³-hybridized carbons (Fsp3) is 0.776. The first kappa shape index (κ1) is 78.6. The molecule has 1 unspecified atom stereocenters. The topological polar surface area (TPSA) is 78.9 Å². The van der Waals surface area contributed by atoms with E-state index in [2.05, 4.69) is 106 Å². The van der Waals surface area contributed by atoms with Crippen LogP contribution in [0.4, 0.5) is 0 Å². The first-order valence-corrected chi connectivity index (χ1v) is 35.6. The fourth-order valence-corrected chi connectivity index (χ4v) is 10.3. The lowest BCUT2D eigenvalue weighted by Gasteiger charge is -2.18. The van der Waals surface area contributed by atoms with Crippen LogP contribution < -0.4 is 0 Å². The summed E-state index contributed by atoms with van der Waals surface area (Å²) in [7, 11) is 0. The van der Waals surface area contributed by atoms with E-state index in [1.165, 1.54) is 218 Å². The van der Waals surface area contributed by atoms with Gasteiger partial charge in [-0.05, 0) is 109 Å². The molecule has 1 atom stereocenters. The van der Waals surface area contributed by atoms with Crippen LogP contribution in [0, 0.1) is 0 Å². The van der Waals surface area contributed by atoms with Gasteiger partial charge in [0, 0.05) is 19.3 Å². The van der Waals surface area contributed by atoms with Crippen LogP contribution >= 0.6 is 0 Å². The van der Waals surface area contributed by atoms with Crippen molar-refractivity contribution in [3.63, 3.8) is 0 Å². The van der Waals surface area contributed by atoms with Crippen molar-refractivity contribution < 1.29 is 28.6 Å². The molecule has 0 aromatic rings. The van der Waals surface area contributed by atoms with Crippen LogP contribution in [0.15, 0.2) is 85.1 Å². The molecular weight excluding hydrogens is 1010 g/mol. The molecule has 0 aliphatic heterocycles. The number of esters is 3. The van der Waals surface area contributed by atoms with Crippen LogP contribution in [0.2, 0.25) is 0 Å². The average Bonchev–Trinajstić information content (AvgIpc) is 3.48. The number of rotatable bonds is 65. The van der Waals surface area contributed by atoms with E-state index in [-0.39, 0.29) is 31.1 Å². The molecule has 0 saturated carbocycles. The molecule has 0 bridgehead atoms. The molecule has 0 spiro atoms. The molecule has 0 fully saturated rings. The Morgan fingerprint density at radius 3 is 0.805 bits per heavy atom. The second kappa shape index (κ2) is 70.1. The van der Waals surface area contributed by atoms with Gasteiger partial charge in [-0.15, -0.1) is 0 Å². The number of unbranched alkanes of at least 4 members (excludes halogenated alkanes) is 40. The van der Waals surface area contributed by atoms with Crippen molar-refractivity contribution in [1.82, 2.24) is 0 Å².